The Morgan fingerprint density at radius 1 is 0.761 bits per heavy atom. The first-order valence-electron chi connectivity index (χ1n) is 23.1. The zero-order valence-corrected chi connectivity index (χ0v) is 40.3. The van der Waals surface area contributed by atoms with Gasteiger partial charge >= 0.3 is 12.2 Å². The van der Waals surface area contributed by atoms with Crippen molar-refractivity contribution in [3.63, 3.8) is 0 Å². The van der Waals surface area contributed by atoms with Crippen molar-refractivity contribution in [3.8, 4) is 39.5 Å². The summed E-state index contributed by atoms with van der Waals surface area (Å²) in [6.45, 7) is 12.8. The number of fused-ring (bicyclic) bond motifs is 5. The van der Waals surface area contributed by atoms with E-state index in [2.05, 4.69) is 86.8 Å². The molecular formula is C50H59N9O7Si. The number of nitrogens with one attached hydrogen (secondary N) is 4. The van der Waals surface area contributed by atoms with E-state index in [9.17, 15) is 19.2 Å². The first-order valence-corrected chi connectivity index (χ1v) is 26.5. The highest BCUT2D eigenvalue weighted by Gasteiger charge is 2.46. The number of benzene rings is 3. The van der Waals surface area contributed by atoms with E-state index in [4.69, 9.17) is 24.2 Å². The molecule has 6 heterocycles. The van der Waals surface area contributed by atoms with Gasteiger partial charge in [-0.3, -0.25) is 9.59 Å². The Morgan fingerprint density at radius 3 is 1.99 bits per heavy atom. The number of hydrogen-bond acceptors (Lipinski definition) is 9. The van der Waals surface area contributed by atoms with Crippen LogP contribution in [-0.4, -0.2) is 105 Å². The van der Waals surface area contributed by atoms with E-state index >= 15 is 0 Å². The van der Waals surface area contributed by atoms with Crippen molar-refractivity contribution < 1.29 is 33.4 Å². The van der Waals surface area contributed by atoms with Crippen molar-refractivity contribution in [1.82, 2.24) is 44.9 Å². The van der Waals surface area contributed by atoms with Crippen LogP contribution in [0.15, 0.2) is 85.2 Å². The summed E-state index contributed by atoms with van der Waals surface area (Å²) < 4.78 is 18.9. The minimum Gasteiger partial charge on any atom is -0.465 e. The predicted octanol–water partition coefficient (Wildman–Crippen LogP) is 8.58. The quantitative estimate of drug-likeness (QED) is 0.0923. The minimum absolute atomic E-state index is 0.129. The maximum Gasteiger partial charge on any atom is 0.407 e. The Morgan fingerprint density at radius 2 is 1.36 bits per heavy atom. The number of H-pyrrole nitrogens is 2. The van der Waals surface area contributed by atoms with E-state index < -0.39 is 38.6 Å². The Kier molecular flexibility index (Phi) is 12.2. The molecule has 0 saturated carbocycles. The number of hydrogen-bond donors (Lipinski definition) is 4. The second-order valence-electron chi connectivity index (χ2n) is 19.4. The Hall–Kier alpha value is -6.88. The second-order valence-corrected chi connectivity index (χ2v) is 24.4. The van der Waals surface area contributed by atoms with Crippen molar-refractivity contribution in [3.05, 3.63) is 102 Å². The maximum atomic E-state index is 14.1. The zero-order valence-electron chi connectivity index (χ0n) is 39.3. The summed E-state index contributed by atoms with van der Waals surface area (Å²) in [5, 5.41) is 6.51. The third-order valence-corrected chi connectivity index (χ3v) is 16.1. The molecule has 350 valence electrons. The number of carbonyl (C=O) groups excluding carboxylic acids is 4. The van der Waals surface area contributed by atoms with Gasteiger partial charge in [0.1, 0.15) is 29.5 Å². The monoisotopic (exact) mass is 925 g/mol. The third kappa shape index (κ3) is 8.67. The number of aromatic nitrogens is 5. The number of rotatable bonds is 11. The molecule has 4 N–H and O–H groups in total. The highest BCUT2D eigenvalue weighted by atomic mass is 28.3. The highest BCUT2D eigenvalue weighted by molar-refractivity contribution is 6.78. The molecule has 3 aromatic heterocycles. The molecule has 2 saturated heterocycles. The van der Waals surface area contributed by atoms with Crippen LogP contribution < -0.4 is 15.4 Å². The molecular weight excluding hydrogens is 867 g/mol. The standard InChI is InChI=1S/C50H59N9O7Si/c1-28(2)42(55-49(62)64-5)46(60)57-20-12-15-38(57)44-51-25-36(53-44)32-16-18-34-39-22-33-21-31(17-19-37(33)59(39)48(66-41(34)23-32)30-13-10-9-11-14-30)35-24-52-45(54-35)40-26-67(7,8)27-58(40)47(61)43(29(3)4)56-50(63)65-6/h9-11,13-14,16-19,21-25,28-29,38,40,42-43,48H,12,15,20,26-27H2,1-8H3,(H,51,53)(H,52,54)(H,55,62)(H,56,63). The maximum absolute atomic E-state index is 14.1. The second kappa shape index (κ2) is 18.1. The predicted molar refractivity (Wildman–Crippen MR) is 257 cm³/mol. The van der Waals surface area contributed by atoms with Crippen LogP contribution in [0, 0.1) is 11.8 Å². The molecule has 3 aromatic carbocycles. The lowest BCUT2D eigenvalue weighted by Gasteiger charge is -2.30. The van der Waals surface area contributed by atoms with Gasteiger partial charge in [-0.05, 0) is 61.1 Å². The largest absolute Gasteiger partial charge is 0.465 e. The minimum atomic E-state index is -1.81. The lowest BCUT2D eigenvalue weighted by Crippen LogP contribution is -2.52. The van der Waals surface area contributed by atoms with E-state index in [0.717, 1.165) is 80.7 Å². The first kappa shape index (κ1) is 45.3. The Balaban J connectivity index is 1.01. The van der Waals surface area contributed by atoms with Crippen LogP contribution >= 0.6 is 0 Å². The topological polar surface area (TPSA) is 189 Å². The van der Waals surface area contributed by atoms with Crippen molar-refractivity contribution >= 4 is 43.0 Å². The Labute approximate surface area is 390 Å². The van der Waals surface area contributed by atoms with Gasteiger partial charge in [-0.25, -0.2) is 19.6 Å². The average Bonchev–Trinajstić information content (AvgIpc) is 4.18. The smallest absolute Gasteiger partial charge is 0.407 e. The number of alkyl carbamates (subject to hydrolysis) is 2. The van der Waals surface area contributed by atoms with E-state index in [0.29, 0.717) is 18.5 Å². The highest BCUT2D eigenvalue weighted by Crippen LogP contribution is 2.46. The fourth-order valence-electron chi connectivity index (χ4n) is 9.99. The normalized spacial score (nSPS) is 19.5. The van der Waals surface area contributed by atoms with Crippen LogP contribution in [0.1, 0.15) is 76.1 Å². The van der Waals surface area contributed by atoms with Crippen LogP contribution in [0.2, 0.25) is 19.1 Å². The van der Waals surface area contributed by atoms with Crippen molar-refractivity contribution in [2.45, 2.75) is 90.1 Å². The van der Waals surface area contributed by atoms with Gasteiger partial charge in [-0.1, -0.05) is 83.3 Å². The molecule has 2 fully saturated rings. The lowest BCUT2D eigenvalue weighted by molar-refractivity contribution is -0.136. The van der Waals surface area contributed by atoms with Crippen LogP contribution in [-0.2, 0) is 19.1 Å². The number of ether oxygens (including phenoxy) is 3. The van der Waals surface area contributed by atoms with E-state index in [1.807, 2.05) is 68.0 Å². The van der Waals surface area contributed by atoms with Crippen LogP contribution in [0.25, 0.3) is 44.7 Å². The van der Waals surface area contributed by atoms with Crippen LogP contribution in [0.5, 0.6) is 5.75 Å². The molecule has 5 atom stereocenters. The van der Waals surface area contributed by atoms with Crippen LogP contribution in [0.3, 0.4) is 0 Å². The zero-order chi connectivity index (χ0) is 47.3. The van der Waals surface area contributed by atoms with Crippen molar-refractivity contribution in [2.24, 2.45) is 11.8 Å². The van der Waals surface area contributed by atoms with Gasteiger partial charge < -0.3 is 49.2 Å². The number of carbonyl (C=O) groups is 4. The lowest BCUT2D eigenvalue weighted by atomic mass is 10.0. The first-order chi connectivity index (χ1) is 32.1. The third-order valence-electron chi connectivity index (χ3n) is 13.4. The molecule has 6 aromatic rings. The number of methoxy groups -OCH3 is 2. The number of nitrogens with zero attached hydrogens (tertiary/aromatic N) is 5. The molecule has 17 heteroatoms. The SMILES string of the molecule is COC(=O)NC(C(=O)N1CCCC1c1ncc(-c2ccc3c(c2)OC(c2ccccc2)n2c-3cc3cc(-c4cnc(C5C[Si](C)(C)CN5C(=O)C(NC(=O)OC)C(C)C)[nH]4)ccc32)[nH]1)C(C)C. The molecule has 67 heavy (non-hydrogen) atoms. The van der Waals surface area contributed by atoms with Gasteiger partial charge in [-0.2, -0.15) is 0 Å². The summed E-state index contributed by atoms with van der Waals surface area (Å²) in [6.07, 6.45) is 4.16. The van der Waals surface area contributed by atoms with Gasteiger partial charge in [0.25, 0.3) is 0 Å². The van der Waals surface area contributed by atoms with Crippen molar-refractivity contribution in [2.75, 3.05) is 26.9 Å². The molecule has 0 spiro atoms. The summed E-state index contributed by atoms with van der Waals surface area (Å²) in [6, 6.07) is 23.9. The van der Waals surface area contributed by atoms with E-state index in [1.165, 1.54) is 14.2 Å². The summed E-state index contributed by atoms with van der Waals surface area (Å²) >= 11 is 0. The van der Waals surface area contributed by atoms with E-state index in [1.54, 1.807) is 6.20 Å². The molecule has 0 aliphatic carbocycles. The van der Waals surface area contributed by atoms with Gasteiger partial charge in [0.15, 0.2) is 0 Å². The number of likely N-dealkylation sites (tertiary alicyclic amines) is 1. The Bertz CT molecular complexity index is 2830. The van der Waals surface area contributed by atoms with Gasteiger partial charge in [0.05, 0.1) is 69.4 Å². The fourth-order valence-corrected chi connectivity index (χ4v) is 12.9. The summed E-state index contributed by atoms with van der Waals surface area (Å²) in [7, 11) is 0.784. The molecule has 0 bridgehead atoms. The number of aromatic amines is 2. The van der Waals surface area contributed by atoms with Crippen LogP contribution in [0.4, 0.5) is 9.59 Å². The summed E-state index contributed by atoms with van der Waals surface area (Å²) in [5.41, 5.74) is 7.46. The molecule has 3 aliphatic heterocycles. The average molecular weight is 926 g/mol. The van der Waals surface area contributed by atoms with E-state index in [-0.39, 0.29) is 35.7 Å². The molecule has 4 amide bonds. The molecule has 0 radical (unpaired) electrons. The molecule has 3 aliphatic rings. The molecule has 9 rings (SSSR count). The van der Waals surface area contributed by atoms with Gasteiger partial charge in [-0.15, -0.1) is 0 Å². The molecule has 5 unspecified atom stereocenters. The fraction of sp³-hybridized carbons (Fsp3) is 0.400. The number of amides is 4. The van der Waals surface area contributed by atoms with Gasteiger partial charge in [0, 0.05) is 40.4 Å². The van der Waals surface area contributed by atoms with Crippen molar-refractivity contribution in [1.29, 1.82) is 0 Å². The number of imidazole rings is 2. The molecule has 16 nitrogen and oxygen atoms in total. The summed E-state index contributed by atoms with van der Waals surface area (Å²) in [4.78, 5) is 72.7. The summed E-state index contributed by atoms with van der Waals surface area (Å²) in [5.74, 6) is 1.59. The van der Waals surface area contributed by atoms with Gasteiger partial charge in [0.2, 0.25) is 18.0 Å².